The number of carbonyl (C=O) groups excluding carboxylic acids is 2. The molecule has 0 radical (unpaired) electrons. The molecule has 0 aliphatic rings. The topological polar surface area (TPSA) is 132 Å². The van der Waals surface area contributed by atoms with E-state index in [1.165, 1.54) is 13.2 Å². The van der Waals surface area contributed by atoms with Gasteiger partial charge in [0.15, 0.2) is 5.82 Å². The van der Waals surface area contributed by atoms with Crippen molar-refractivity contribution >= 4 is 18.4 Å². The van der Waals surface area contributed by atoms with Crippen LogP contribution in [0.3, 0.4) is 0 Å². The summed E-state index contributed by atoms with van der Waals surface area (Å²) in [6.45, 7) is 7.35. The molecule has 0 spiro atoms. The van der Waals surface area contributed by atoms with Gasteiger partial charge in [-0.15, -0.1) is 10.2 Å². The van der Waals surface area contributed by atoms with Gasteiger partial charge >= 0.3 is 12.3 Å². The first-order valence-electron chi connectivity index (χ1n) is 14.0. The van der Waals surface area contributed by atoms with E-state index in [1.54, 1.807) is 14.0 Å². The molecule has 13 heteroatoms. The monoisotopic (exact) mass is 600 g/mol. The number of nitrogens with zero attached hydrogens (tertiary/aromatic N) is 2. The number of amides is 1. The number of alkyl carbamates (subject to hydrolysis) is 1. The highest BCUT2D eigenvalue weighted by Crippen LogP contribution is 2.38. The van der Waals surface area contributed by atoms with Gasteiger partial charge in [0.2, 0.25) is 0 Å². The van der Waals surface area contributed by atoms with Crippen molar-refractivity contribution in [2.75, 3.05) is 32.8 Å². The van der Waals surface area contributed by atoms with Crippen LogP contribution in [0.5, 0.6) is 5.75 Å². The molecule has 3 N–H and O–H groups in total. The third kappa shape index (κ3) is 12.1. The Morgan fingerprint density at radius 3 is 2.36 bits per heavy atom. The summed E-state index contributed by atoms with van der Waals surface area (Å²) in [6, 6.07) is 2.88. The predicted molar refractivity (Wildman–Crippen MR) is 153 cm³/mol. The van der Waals surface area contributed by atoms with Gasteiger partial charge in [0.05, 0.1) is 25.8 Å². The van der Waals surface area contributed by atoms with Crippen LogP contribution < -0.4 is 10.6 Å². The molecule has 1 heterocycles. The van der Waals surface area contributed by atoms with E-state index in [9.17, 15) is 27.9 Å². The molecule has 236 valence electrons. The number of alkyl halides is 3. The van der Waals surface area contributed by atoms with Crippen molar-refractivity contribution < 1.29 is 42.1 Å². The van der Waals surface area contributed by atoms with E-state index < -0.39 is 23.6 Å². The average Bonchev–Trinajstić information content (AvgIpc) is 2.96. The van der Waals surface area contributed by atoms with Gasteiger partial charge in [-0.1, -0.05) is 33.1 Å². The number of aromatic hydroxyl groups is 1. The summed E-state index contributed by atoms with van der Waals surface area (Å²) >= 11 is 0. The SMILES string of the molecule is CCCCCC(CC)Nc1nnc(-c2ccc(C(F)(F)F)cc2O)c(CCCOC)c1CNC(=O)OC.CCOC=O. The van der Waals surface area contributed by atoms with Gasteiger partial charge in [-0.2, -0.15) is 13.2 Å². The predicted octanol–water partition coefficient (Wildman–Crippen LogP) is 6.25. The van der Waals surface area contributed by atoms with Gasteiger partial charge in [-0.25, -0.2) is 4.79 Å². The molecule has 10 nitrogen and oxygen atoms in total. The maximum atomic E-state index is 13.2. The van der Waals surface area contributed by atoms with Crippen LogP contribution in [0.25, 0.3) is 11.3 Å². The molecule has 1 atom stereocenters. The summed E-state index contributed by atoms with van der Waals surface area (Å²) in [4.78, 5) is 21.1. The van der Waals surface area contributed by atoms with Gasteiger partial charge in [-0.05, 0) is 56.4 Å². The molecule has 1 aromatic carbocycles. The van der Waals surface area contributed by atoms with Crippen molar-refractivity contribution in [1.82, 2.24) is 15.5 Å². The molecular formula is C29H43F3N4O6. The molecule has 2 aromatic rings. The minimum absolute atomic E-state index is 0.0482. The zero-order valence-electron chi connectivity index (χ0n) is 25.0. The summed E-state index contributed by atoms with van der Waals surface area (Å²) in [7, 11) is 2.83. The number of phenols is 1. The molecule has 0 aliphatic heterocycles. The quantitative estimate of drug-likeness (QED) is 0.151. The first-order chi connectivity index (χ1) is 20.1. The molecule has 42 heavy (non-hydrogen) atoms. The molecule has 1 aromatic heterocycles. The van der Waals surface area contributed by atoms with Crippen LogP contribution in [-0.4, -0.2) is 61.3 Å². The highest BCUT2D eigenvalue weighted by molar-refractivity contribution is 5.73. The molecule has 0 bridgehead atoms. The van der Waals surface area contributed by atoms with Crippen LogP contribution >= 0.6 is 0 Å². The number of aromatic nitrogens is 2. The summed E-state index contributed by atoms with van der Waals surface area (Å²) in [5, 5.41) is 25.3. The second-order valence-corrected chi connectivity index (χ2v) is 9.32. The van der Waals surface area contributed by atoms with Gasteiger partial charge in [0.1, 0.15) is 11.4 Å². The standard InChI is InChI=1S/C26H37F3N4O4.C3H6O2/c1-5-7-8-10-18(6-2)31-24-21(16-30-25(35)37-4)19(11-9-14-36-3)23(32-33-24)20-13-12-17(15-22(20)34)26(27,28)29;1-2-5-3-4/h12-13,15,18,34H,5-11,14,16H2,1-4H3,(H,30,35)(H,31,33);3H,2H2,1H3. The van der Waals surface area contributed by atoms with Crippen LogP contribution in [0.15, 0.2) is 18.2 Å². The fourth-order valence-electron chi connectivity index (χ4n) is 4.11. The number of rotatable bonds is 16. The van der Waals surface area contributed by atoms with Gasteiger partial charge in [0, 0.05) is 30.9 Å². The maximum Gasteiger partial charge on any atom is 0.416 e. The normalized spacial score (nSPS) is 11.6. The Morgan fingerprint density at radius 2 is 1.83 bits per heavy atom. The number of carbonyl (C=O) groups is 2. The fraction of sp³-hybridized carbons (Fsp3) is 0.586. The van der Waals surface area contributed by atoms with Crippen molar-refractivity contribution in [3.8, 4) is 17.0 Å². The number of ether oxygens (including phenoxy) is 3. The van der Waals surface area contributed by atoms with Gasteiger partial charge in [0.25, 0.3) is 6.47 Å². The molecule has 0 aliphatic carbocycles. The highest BCUT2D eigenvalue weighted by atomic mass is 19.4. The van der Waals surface area contributed by atoms with E-state index in [-0.39, 0.29) is 23.8 Å². The Morgan fingerprint density at radius 1 is 1.10 bits per heavy atom. The molecule has 0 saturated heterocycles. The maximum absolute atomic E-state index is 13.2. The third-order valence-corrected chi connectivity index (χ3v) is 6.36. The Balaban J connectivity index is 0.00000162. The number of phenolic OH excluding ortho intramolecular Hbond substituents is 1. The number of unbranched alkanes of at least 4 members (excludes halogenated alkanes) is 2. The molecule has 1 amide bonds. The zero-order valence-corrected chi connectivity index (χ0v) is 25.0. The smallest absolute Gasteiger partial charge is 0.416 e. The second-order valence-electron chi connectivity index (χ2n) is 9.32. The van der Waals surface area contributed by atoms with Gasteiger partial charge in [-0.3, -0.25) is 4.79 Å². The largest absolute Gasteiger partial charge is 0.507 e. The van der Waals surface area contributed by atoms with Crippen molar-refractivity contribution in [3.63, 3.8) is 0 Å². The summed E-state index contributed by atoms with van der Waals surface area (Å²) in [5.41, 5.74) is 0.665. The van der Waals surface area contributed by atoms with E-state index in [2.05, 4.69) is 39.4 Å². The van der Waals surface area contributed by atoms with E-state index >= 15 is 0 Å². The summed E-state index contributed by atoms with van der Waals surface area (Å²) in [5.74, 6) is -0.0852. The Kier molecular flexibility index (Phi) is 16.9. The summed E-state index contributed by atoms with van der Waals surface area (Å²) < 4.78 is 53.6. The van der Waals surface area contributed by atoms with Crippen molar-refractivity contribution in [2.45, 2.75) is 84.5 Å². The number of benzene rings is 1. The van der Waals surface area contributed by atoms with Gasteiger partial charge < -0.3 is 30.0 Å². The fourth-order valence-corrected chi connectivity index (χ4v) is 4.11. The van der Waals surface area contributed by atoms with Crippen LogP contribution in [0, 0.1) is 0 Å². The lowest BCUT2D eigenvalue weighted by atomic mass is 9.95. The Hall–Kier alpha value is -3.61. The van der Waals surface area contributed by atoms with Crippen LogP contribution in [0.1, 0.15) is 76.0 Å². The van der Waals surface area contributed by atoms with E-state index in [0.717, 1.165) is 38.2 Å². The lowest BCUT2D eigenvalue weighted by Crippen LogP contribution is -2.27. The zero-order chi connectivity index (χ0) is 31.5. The van der Waals surface area contributed by atoms with Crippen molar-refractivity contribution in [3.05, 3.63) is 34.9 Å². The third-order valence-electron chi connectivity index (χ3n) is 6.36. The minimum Gasteiger partial charge on any atom is -0.507 e. The highest BCUT2D eigenvalue weighted by Gasteiger charge is 2.32. The first-order valence-corrected chi connectivity index (χ1v) is 14.0. The molecular weight excluding hydrogens is 557 g/mol. The second kappa shape index (κ2) is 19.5. The number of hydrogen-bond acceptors (Lipinski definition) is 9. The lowest BCUT2D eigenvalue weighted by Gasteiger charge is -2.23. The minimum atomic E-state index is -4.60. The first kappa shape index (κ1) is 36.4. The molecule has 2 rings (SSSR count). The van der Waals surface area contributed by atoms with Crippen LogP contribution in [-0.2, 0) is 38.1 Å². The Labute approximate surface area is 245 Å². The molecule has 0 saturated carbocycles. The van der Waals surface area contributed by atoms with Crippen LogP contribution in [0.2, 0.25) is 0 Å². The van der Waals surface area contributed by atoms with E-state index in [0.29, 0.717) is 55.5 Å². The van der Waals surface area contributed by atoms with E-state index in [1.807, 2.05) is 0 Å². The number of hydrogen-bond donors (Lipinski definition) is 3. The molecule has 1 unspecified atom stereocenters. The van der Waals surface area contributed by atoms with Crippen molar-refractivity contribution in [1.29, 1.82) is 0 Å². The Bertz CT molecular complexity index is 1100. The lowest BCUT2D eigenvalue weighted by molar-refractivity contribution is -0.137. The van der Waals surface area contributed by atoms with E-state index in [4.69, 9.17) is 9.47 Å². The number of methoxy groups -OCH3 is 2. The van der Waals surface area contributed by atoms with Crippen molar-refractivity contribution in [2.24, 2.45) is 0 Å². The number of nitrogens with one attached hydrogen (secondary N) is 2. The number of anilines is 1. The number of halogens is 3. The molecule has 0 fully saturated rings. The summed E-state index contributed by atoms with van der Waals surface area (Å²) in [6.07, 6.45) is 0.788. The average molecular weight is 601 g/mol. The van der Waals surface area contributed by atoms with Crippen LogP contribution in [0.4, 0.5) is 23.8 Å².